The zero-order valence-electron chi connectivity index (χ0n) is 15.2. The molecule has 2 rings (SSSR count). The van der Waals surface area contributed by atoms with Crippen LogP contribution < -0.4 is 0 Å². The third-order valence-electron chi connectivity index (χ3n) is 5.81. The van der Waals surface area contributed by atoms with Gasteiger partial charge in [-0.3, -0.25) is 4.79 Å². The molecule has 2 fully saturated rings. The molecule has 0 bridgehead atoms. The predicted molar refractivity (Wildman–Crippen MR) is 92.3 cm³/mol. The number of halogens is 2. The van der Waals surface area contributed by atoms with Gasteiger partial charge in [-0.1, -0.05) is 45.4 Å². The van der Waals surface area contributed by atoms with Gasteiger partial charge in [-0.25, -0.2) is 8.78 Å². The van der Waals surface area contributed by atoms with Crippen molar-refractivity contribution >= 4 is 5.97 Å². The van der Waals surface area contributed by atoms with Crippen molar-refractivity contribution in [1.29, 1.82) is 0 Å². The Kier molecular flexibility index (Phi) is 8.48. The second-order valence-corrected chi connectivity index (χ2v) is 7.82. The molecule has 2 saturated carbocycles. The molecule has 0 aliphatic heterocycles. The lowest BCUT2D eigenvalue weighted by Crippen LogP contribution is -2.37. The maximum Gasteiger partial charge on any atom is 0.309 e. The van der Waals surface area contributed by atoms with Crippen LogP contribution in [-0.4, -0.2) is 24.4 Å². The monoisotopic (exact) mass is 344 g/mol. The van der Waals surface area contributed by atoms with Crippen LogP contribution in [-0.2, 0) is 9.53 Å². The van der Waals surface area contributed by atoms with E-state index in [1.807, 2.05) is 0 Å². The second kappa shape index (κ2) is 10.4. The third-order valence-corrected chi connectivity index (χ3v) is 5.81. The highest BCUT2D eigenvalue weighted by Crippen LogP contribution is 2.34. The maximum atomic E-state index is 13.8. The summed E-state index contributed by atoms with van der Waals surface area (Å²) in [6.45, 7) is 2.23. The molecule has 0 spiro atoms. The van der Waals surface area contributed by atoms with E-state index in [-0.39, 0.29) is 18.3 Å². The number of carbonyl (C=O) groups excluding carboxylic acids is 1. The first-order chi connectivity index (χ1) is 11.6. The summed E-state index contributed by atoms with van der Waals surface area (Å²) >= 11 is 0. The van der Waals surface area contributed by atoms with Crippen LogP contribution in [0.1, 0.15) is 90.4 Å². The molecule has 3 atom stereocenters. The van der Waals surface area contributed by atoms with Crippen LogP contribution in [0.3, 0.4) is 0 Å². The summed E-state index contributed by atoms with van der Waals surface area (Å²) in [5.41, 5.74) is 0. The summed E-state index contributed by atoms with van der Waals surface area (Å²) in [5, 5.41) is 0. The van der Waals surface area contributed by atoms with Gasteiger partial charge < -0.3 is 4.74 Å². The summed E-state index contributed by atoms with van der Waals surface area (Å²) in [6, 6.07) is 0. The first kappa shape index (κ1) is 19.7. The Hall–Kier alpha value is -0.670. The lowest BCUT2D eigenvalue weighted by molar-refractivity contribution is -0.162. The molecule has 0 amide bonds. The molecule has 4 heteroatoms. The summed E-state index contributed by atoms with van der Waals surface area (Å²) < 4.78 is 32.3. The molecule has 0 N–H and O–H groups in total. The van der Waals surface area contributed by atoms with Gasteiger partial charge in [0.25, 0.3) is 0 Å². The minimum atomic E-state index is -1.34. The van der Waals surface area contributed by atoms with E-state index in [0.717, 1.165) is 31.6 Å². The number of carbonyl (C=O) groups is 1. The number of unbranched alkanes of at least 4 members (excludes halogenated alkanes) is 4. The first-order valence-corrected chi connectivity index (χ1v) is 10.1. The number of esters is 1. The van der Waals surface area contributed by atoms with E-state index >= 15 is 0 Å². The highest BCUT2D eigenvalue weighted by molar-refractivity contribution is 5.72. The molecule has 0 aromatic carbocycles. The van der Waals surface area contributed by atoms with Crippen LogP contribution in [0.5, 0.6) is 0 Å². The fourth-order valence-corrected chi connectivity index (χ4v) is 4.14. The van der Waals surface area contributed by atoms with E-state index < -0.39 is 18.4 Å². The van der Waals surface area contributed by atoms with Gasteiger partial charge in [-0.2, -0.15) is 0 Å². The normalized spacial score (nSPS) is 34.0. The molecule has 0 aromatic rings. The molecule has 2 aliphatic carbocycles. The molecule has 0 aromatic heterocycles. The van der Waals surface area contributed by atoms with Crippen molar-refractivity contribution in [1.82, 2.24) is 0 Å². The van der Waals surface area contributed by atoms with E-state index in [2.05, 4.69) is 6.92 Å². The topological polar surface area (TPSA) is 26.3 Å². The van der Waals surface area contributed by atoms with Crippen LogP contribution in [0.2, 0.25) is 0 Å². The largest absolute Gasteiger partial charge is 0.459 e. The summed E-state index contributed by atoms with van der Waals surface area (Å²) in [4.78, 5) is 12.2. The molecule has 0 saturated heterocycles. The zero-order valence-corrected chi connectivity index (χ0v) is 15.2. The van der Waals surface area contributed by atoms with Crippen LogP contribution in [0.4, 0.5) is 8.78 Å². The summed E-state index contributed by atoms with van der Waals surface area (Å²) in [6.07, 6.45) is 9.13. The Bertz CT molecular complexity index is 367. The van der Waals surface area contributed by atoms with E-state index in [9.17, 15) is 13.6 Å². The first-order valence-electron chi connectivity index (χ1n) is 10.1. The fraction of sp³-hybridized carbons (Fsp3) is 0.950. The van der Waals surface area contributed by atoms with Gasteiger partial charge in [0.05, 0.1) is 5.92 Å². The Morgan fingerprint density at radius 2 is 1.67 bits per heavy atom. The van der Waals surface area contributed by atoms with Crippen LogP contribution in [0.15, 0.2) is 0 Å². The molecule has 140 valence electrons. The summed E-state index contributed by atoms with van der Waals surface area (Å²) in [5.74, 6) is 0.421. The average Bonchev–Trinajstić information content (AvgIpc) is 2.57. The number of rotatable bonds is 8. The van der Waals surface area contributed by atoms with Crippen molar-refractivity contribution in [3.05, 3.63) is 0 Å². The highest BCUT2D eigenvalue weighted by atomic mass is 19.1. The molecule has 3 unspecified atom stereocenters. The number of ether oxygens (including phenoxy) is 1. The standard InChI is InChI=1S/C20H34F2O2/c1-2-3-4-5-6-7-15-8-10-16(11-9-15)20(23)24-19-13-12-17(21)14-18(19)22/h15-19H,2-14H2,1H3. The smallest absolute Gasteiger partial charge is 0.309 e. The average molecular weight is 344 g/mol. The SMILES string of the molecule is CCCCCCCC1CCC(C(=O)OC2CCC(F)CC2F)CC1. The van der Waals surface area contributed by atoms with Gasteiger partial charge in [0.1, 0.15) is 18.4 Å². The van der Waals surface area contributed by atoms with E-state index in [1.165, 1.54) is 38.5 Å². The molecular weight excluding hydrogens is 310 g/mol. The number of hydrogen-bond donors (Lipinski definition) is 0. The second-order valence-electron chi connectivity index (χ2n) is 7.82. The van der Waals surface area contributed by atoms with Gasteiger partial charge >= 0.3 is 5.97 Å². The molecule has 2 aliphatic rings. The van der Waals surface area contributed by atoms with Crippen LogP contribution in [0.25, 0.3) is 0 Å². The van der Waals surface area contributed by atoms with Gasteiger partial charge in [-0.05, 0) is 44.4 Å². The Labute approximate surface area is 145 Å². The maximum absolute atomic E-state index is 13.8. The van der Waals surface area contributed by atoms with Gasteiger partial charge in [0.2, 0.25) is 0 Å². The molecule has 24 heavy (non-hydrogen) atoms. The van der Waals surface area contributed by atoms with Gasteiger partial charge in [0, 0.05) is 6.42 Å². The number of alkyl halides is 2. The molecule has 2 nitrogen and oxygen atoms in total. The lowest BCUT2D eigenvalue weighted by Gasteiger charge is -2.31. The number of hydrogen-bond acceptors (Lipinski definition) is 2. The van der Waals surface area contributed by atoms with Crippen LogP contribution >= 0.6 is 0 Å². The van der Waals surface area contributed by atoms with Crippen molar-refractivity contribution in [2.24, 2.45) is 11.8 Å². The minimum absolute atomic E-state index is 0.0726. The molecule has 0 radical (unpaired) electrons. The summed E-state index contributed by atoms with van der Waals surface area (Å²) in [7, 11) is 0. The minimum Gasteiger partial charge on any atom is -0.459 e. The quantitative estimate of drug-likeness (QED) is 0.403. The molecule has 0 heterocycles. The zero-order chi connectivity index (χ0) is 17.4. The Balaban J connectivity index is 1.62. The van der Waals surface area contributed by atoms with Crippen molar-refractivity contribution in [2.45, 2.75) is 109 Å². The third kappa shape index (κ3) is 6.33. The van der Waals surface area contributed by atoms with Gasteiger partial charge in [-0.15, -0.1) is 0 Å². The lowest BCUT2D eigenvalue weighted by atomic mass is 9.79. The van der Waals surface area contributed by atoms with E-state index in [0.29, 0.717) is 12.8 Å². The molecular formula is C20H34F2O2. The van der Waals surface area contributed by atoms with Crippen molar-refractivity contribution in [3.8, 4) is 0 Å². The van der Waals surface area contributed by atoms with E-state index in [1.54, 1.807) is 0 Å². The van der Waals surface area contributed by atoms with E-state index in [4.69, 9.17) is 4.74 Å². The van der Waals surface area contributed by atoms with Crippen molar-refractivity contribution < 1.29 is 18.3 Å². The van der Waals surface area contributed by atoms with Crippen molar-refractivity contribution in [3.63, 3.8) is 0 Å². The van der Waals surface area contributed by atoms with Gasteiger partial charge in [0.15, 0.2) is 0 Å². The predicted octanol–water partition coefficient (Wildman–Crippen LogP) is 5.93. The van der Waals surface area contributed by atoms with Crippen molar-refractivity contribution in [2.75, 3.05) is 0 Å². The van der Waals surface area contributed by atoms with Crippen LogP contribution in [0, 0.1) is 11.8 Å². The Morgan fingerprint density at radius 3 is 2.33 bits per heavy atom. The fourth-order valence-electron chi connectivity index (χ4n) is 4.14. The highest BCUT2D eigenvalue weighted by Gasteiger charge is 2.35. The Morgan fingerprint density at radius 1 is 0.958 bits per heavy atom.